The highest BCUT2D eigenvalue weighted by Crippen LogP contribution is 2.32. The highest BCUT2D eigenvalue weighted by molar-refractivity contribution is 7.89. The van der Waals surface area contributed by atoms with Gasteiger partial charge >= 0.3 is 0 Å². The van der Waals surface area contributed by atoms with Crippen molar-refractivity contribution in [3.8, 4) is 0 Å². The van der Waals surface area contributed by atoms with Gasteiger partial charge in [0.05, 0.1) is 10.6 Å². The molecule has 8 heteroatoms. The zero-order chi connectivity index (χ0) is 19.2. The van der Waals surface area contributed by atoms with Gasteiger partial charge in [0.2, 0.25) is 10.0 Å². The van der Waals surface area contributed by atoms with E-state index in [-0.39, 0.29) is 5.91 Å². The number of anilines is 1. The van der Waals surface area contributed by atoms with Crippen molar-refractivity contribution < 1.29 is 17.7 Å². The van der Waals surface area contributed by atoms with Gasteiger partial charge < -0.3 is 9.42 Å². The molecular weight excluding hydrogens is 366 g/mol. The van der Waals surface area contributed by atoms with E-state index in [2.05, 4.69) is 5.16 Å². The SMILES string of the molecule is Cc1noc(C)c1C(=O)N1CCCc2cc(S(=O)(=O)N3CCCC3)ccc21. The predicted octanol–water partition coefficient (Wildman–Crippen LogP) is 2.67. The Labute approximate surface area is 159 Å². The monoisotopic (exact) mass is 389 g/mol. The van der Waals surface area contributed by atoms with Crippen LogP contribution in [-0.4, -0.2) is 43.4 Å². The Morgan fingerprint density at radius 1 is 1.11 bits per heavy atom. The first kappa shape index (κ1) is 18.2. The van der Waals surface area contributed by atoms with Crippen LogP contribution in [0.3, 0.4) is 0 Å². The van der Waals surface area contributed by atoms with Crippen molar-refractivity contribution in [1.29, 1.82) is 0 Å². The Balaban J connectivity index is 1.69. The zero-order valence-electron chi connectivity index (χ0n) is 15.6. The highest BCUT2D eigenvalue weighted by Gasteiger charge is 2.31. The molecule has 1 amide bonds. The summed E-state index contributed by atoms with van der Waals surface area (Å²) in [6, 6.07) is 5.11. The molecule has 0 spiro atoms. The van der Waals surface area contributed by atoms with E-state index in [0.29, 0.717) is 41.5 Å². The molecular formula is C19H23N3O4S. The molecule has 1 aromatic carbocycles. The van der Waals surface area contributed by atoms with Crippen LogP contribution in [0, 0.1) is 13.8 Å². The molecule has 4 rings (SSSR count). The molecule has 1 saturated heterocycles. The van der Waals surface area contributed by atoms with Gasteiger partial charge in [-0.05, 0) is 63.3 Å². The number of aryl methyl sites for hydroxylation is 3. The van der Waals surface area contributed by atoms with Crippen molar-refractivity contribution in [1.82, 2.24) is 9.46 Å². The van der Waals surface area contributed by atoms with Crippen molar-refractivity contribution >= 4 is 21.6 Å². The molecule has 7 nitrogen and oxygen atoms in total. The maximum atomic E-state index is 13.1. The van der Waals surface area contributed by atoms with Crippen LogP contribution in [-0.2, 0) is 16.4 Å². The first-order valence-corrected chi connectivity index (χ1v) is 10.7. The van der Waals surface area contributed by atoms with Crippen molar-refractivity contribution in [3.05, 3.63) is 40.8 Å². The smallest absolute Gasteiger partial charge is 0.263 e. The quantitative estimate of drug-likeness (QED) is 0.806. The molecule has 1 aromatic heterocycles. The molecule has 0 aliphatic carbocycles. The molecule has 0 atom stereocenters. The van der Waals surface area contributed by atoms with Crippen LogP contribution >= 0.6 is 0 Å². The minimum absolute atomic E-state index is 0.151. The number of fused-ring (bicyclic) bond motifs is 1. The molecule has 1 fully saturated rings. The van der Waals surface area contributed by atoms with Crippen LogP contribution in [0.15, 0.2) is 27.6 Å². The van der Waals surface area contributed by atoms with Gasteiger partial charge in [0.25, 0.3) is 5.91 Å². The van der Waals surface area contributed by atoms with E-state index in [0.717, 1.165) is 36.9 Å². The second-order valence-electron chi connectivity index (χ2n) is 7.16. The Morgan fingerprint density at radius 2 is 1.85 bits per heavy atom. The van der Waals surface area contributed by atoms with E-state index in [1.54, 1.807) is 41.3 Å². The highest BCUT2D eigenvalue weighted by atomic mass is 32.2. The van der Waals surface area contributed by atoms with E-state index in [1.807, 2.05) is 0 Å². The second-order valence-corrected chi connectivity index (χ2v) is 9.10. The lowest BCUT2D eigenvalue weighted by Crippen LogP contribution is -2.36. The van der Waals surface area contributed by atoms with Gasteiger partial charge in [0.15, 0.2) is 0 Å². The lowest BCUT2D eigenvalue weighted by molar-refractivity contribution is 0.0983. The molecule has 2 aliphatic rings. The van der Waals surface area contributed by atoms with E-state index < -0.39 is 10.0 Å². The Morgan fingerprint density at radius 3 is 2.52 bits per heavy atom. The summed E-state index contributed by atoms with van der Waals surface area (Å²) < 4.78 is 32.4. The summed E-state index contributed by atoms with van der Waals surface area (Å²) in [7, 11) is -3.46. The summed E-state index contributed by atoms with van der Waals surface area (Å²) in [5.74, 6) is 0.347. The molecule has 3 heterocycles. The molecule has 2 aliphatic heterocycles. The first-order chi connectivity index (χ1) is 12.9. The molecule has 0 bridgehead atoms. The Kier molecular flexibility index (Phi) is 4.55. The van der Waals surface area contributed by atoms with Gasteiger partial charge in [-0.25, -0.2) is 8.42 Å². The van der Waals surface area contributed by atoms with Crippen molar-refractivity contribution in [3.63, 3.8) is 0 Å². The lowest BCUT2D eigenvalue weighted by atomic mass is 10.0. The van der Waals surface area contributed by atoms with Crippen molar-refractivity contribution in [2.75, 3.05) is 24.5 Å². The maximum absolute atomic E-state index is 13.1. The van der Waals surface area contributed by atoms with Gasteiger partial charge in [-0.1, -0.05) is 5.16 Å². The van der Waals surface area contributed by atoms with Crippen LogP contribution in [0.1, 0.15) is 46.6 Å². The fraction of sp³-hybridized carbons (Fsp3) is 0.474. The minimum Gasteiger partial charge on any atom is -0.361 e. The zero-order valence-corrected chi connectivity index (χ0v) is 16.4. The van der Waals surface area contributed by atoms with E-state index in [4.69, 9.17) is 4.52 Å². The number of aromatic nitrogens is 1. The van der Waals surface area contributed by atoms with Gasteiger partial charge in [-0.2, -0.15) is 4.31 Å². The fourth-order valence-corrected chi connectivity index (χ4v) is 5.51. The lowest BCUT2D eigenvalue weighted by Gasteiger charge is -2.30. The number of benzene rings is 1. The Bertz CT molecular complexity index is 971. The number of amides is 1. The number of hydrogen-bond acceptors (Lipinski definition) is 5. The number of carbonyl (C=O) groups excluding carboxylic acids is 1. The topological polar surface area (TPSA) is 83.7 Å². The second kappa shape index (κ2) is 6.76. The molecule has 144 valence electrons. The third-order valence-electron chi connectivity index (χ3n) is 5.36. The molecule has 27 heavy (non-hydrogen) atoms. The average molecular weight is 389 g/mol. The summed E-state index contributed by atoms with van der Waals surface area (Å²) in [5.41, 5.74) is 2.71. The maximum Gasteiger partial charge on any atom is 0.263 e. The minimum atomic E-state index is -3.46. The number of carbonyl (C=O) groups is 1. The standard InChI is InChI=1S/C19H23N3O4S/c1-13-18(14(2)26-20-13)19(23)22-11-5-6-15-12-16(7-8-17(15)22)27(24,25)21-9-3-4-10-21/h7-8,12H,3-6,9-11H2,1-2H3. The number of sulfonamides is 1. The largest absolute Gasteiger partial charge is 0.361 e. The number of hydrogen-bond donors (Lipinski definition) is 0. The third kappa shape index (κ3) is 3.06. The number of nitrogens with zero attached hydrogens (tertiary/aromatic N) is 3. The van der Waals surface area contributed by atoms with E-state index in [9.17, 15) is 13.2 Å². The molecule has 0 unspecified atom stereocenters. The number of rotatable bonds is 3. The van der Waals surface area contributed by atoms with Gasteiger partial charge in [0.1, 0.15) is 11.3 Å². The summed E-state index contributed by atoms with van der Waals surface area (Å²) >= 11 is 0. The van der Waals surface area contributed by atoms with Gasteiger partial charge in [0, 0.05) is 25.3 Å². The third-order valence-corrected chi connectivity index (χ3v) is 7.26. The van der Waals surface area contributed by atoms with E-state index >= 15 is 0 Å². The van der Waals surface area contributed by atoms with Gasteiger partial charge in [-0.3, -0.25) is 4.79 Å². The summed E-state index contributed by atoms with van der Waals surface area (Å²) in [5, 5.41) is 3.87. The van der Waals surface area contributed by atoms with Crippen LogP contribution in [0.25, 0.3) is 0 Å². The predicted molar refractivity (Wildman–Crippen MR) is 100 cm³/mol. The average Bonchev–Trinajstić information content (AvgIpc) is 3.31. The normalized spacial score (nSPS) is 17.9. The van der Waals surface area contributed by atoms with Crippen LogP contribution in [0.5, 0.6) is 0 Å². The van der Waals surface area contributed by atoms with Crippen LogP contribution < -0.4 is 4.90 Å². The van der Waals surface area contributed by atoms with Gasteiger partial charge in [-0.15, -0.1) is 0 Å². The Hall–Kier alpha value is -2.19. The van der Waals surface area contributed by atoms with Crippen LogP contribution in [0.4, 0.5) is 5.69 Å². The fourth-order valence-electron chi connectivity index (χ4n) is 3.95. The molecule has 2 aromatic rings. The summed E-state index contributed by atoms with van der Waals surface area (Å²) in [4.78, 5) is 15.1. The van der Waals surface area contributed by atoms with Crippen molar-refractivity contribution in [2.24, 2.45) is 0 Å². The summed E-state index contributed by atoms with van der Waals surface area (Å²) in [6.45, 7) is 5.23. The first-order valence-electron chi connectivity index (χ1n) is 9.27. The summed E-state index contributed by atoms with van der Waals surface area (Å²) in [6.07, 6.45) is 3.35. The molecule has 0 N–H and O–H groups in total. The van der Waals surface area contributed by atoms with E-state index in [1.165, 1.54) is 0 Å². The molecule has 0 radical (unpaired) electrons. The van der Waals surface area contributed by atoms with Crippen molar-refractivity contribution in [2.45, 2.75) is 44.4 Å². The molecule has 0 saturated carbocycles. The van der Waals surface area contributed by atoms with Crippen LogP contribution in [0.2, 0.25) is 0 Å².